The van der Waals surface area contributed by atoms with Gasteiger partial charge in [0.05, 0.1) is 6.54 Å². The highest BCUT2D eigenvalue weighted by molar-refractivity contribution is 9.10. The van der Waals surface area contributed by atoms with Gasteiger partial charge in [-0.05, 0) is 34.1 Å². The Labute approximate surface area is 106 Å². The van der Waals surface area contributed by atoms with Crippen molar-refractivity contribution in [1.29, 1.82) is 0 Å². The van der Waals surface area contributed by atoms with E-state index in [4.69, 9.17) is 15.3 Å². The highest BCUT2D eigenvalue weighted by Gasteiger charge is 2.10. The number of amides is 2. The summed E-state index contributed by atoms with van der Waals surface area (Å²) in [5.41, 5.74) is 4.81. The topological polar surface area (TPSA) is 106 Å². The van der Waals surface area contributed by atoms with Crippen LogP contribution in [0.15, 0.2) is 27.3 Å². The van der Waals surface area contributed by atoms with Gasteiger partial charge in [-0.2, -0.15) is 0 Å². The Hall–Kier alpha value is -1.60. The number of hydrogen-bond donors (Lipinski definition) is 3. The summed E-state index contributed by atoms with van der Waals surface area (Å²) in [5.74, 6) is -0.843. The number of nitrogens with one attached hydrogen (secondary N) is 1. The van der Waals surface area contributed by atoms with Gasteiger partial charge in [0.1, 0.15) is 11.9 Å². The number of aliphatic hydroxyl groups excluding tert-OH is 1. The van der Waals surface area contributed by atoms with Gasteiger partial charge in [-0.25, -0.2) is 0 Å². The van der Waals surface area contributed by atoms with Crippen LogP contribution in [0.4, 0.5) is 0 Å². The number of hydrogen-bond acceptors (Lipinski definition) is 4. The molecule has 0 aromatic carbocycles. The van der Waals surface area contributed by atoms with Crippen LogP contribution < -0.4 is 11.1 Å². The maximum absolute atomic E-state index is 11.2. The Kier molecular flexibility index (Phi) is 4.92. The van der Waals surface area contributed by atoms with Crippen molar-refractivity contribution in [2.24, 2.45) is 5.73 Å². The van der Waals surface area contributed by atoms with Crippen LogP contribution in [-0.2, 0) is 9.59 Å². The molecule has 0 bridgehead atoms. The smallest absolute Gasteiger partial charge is 0.248 e. The Morgan fingerprint density at radius 2 is 2.29 bits per heavy atom. The van der Waals surface area contributed by atoms with Crippen LogP contribution in [0.2, 0.25) is 0 Å². The molecule has 0 fully saturated rings. The molecule has 0 radical (unpaired) electrons. The summed E-state index contributed by atoms with van der Waals surface area (Å²) in [5, 5.41) is 11.3. The number of nitrogens with two attached hydrogens (primary N) is 1. The van der Waals surface area contributed by atoms with Crippen molar-refractivity contribution in [3.8, 4) is 0 Å². The molecule has 17 heavy (non-hydrogen) atoms. The number of furan rings is 1. The maximum atomic E-state index is 11.2. The molecule has 1 unspecified atom stereocenters. The van der Waals surface area contributed by atoms with E-state index in [1.165, 1.54) is 12.2 Å². The molecule has 6 nitrogen and oxygen atoms in total. The van der Waals surface area contributed by atoms with E-state index in [-0.39, 0.29) is 6.54 Å². The lowest BCUT2D eigenvalue weighted by Crippen LogP contribution is -2.39. The maximum Gasteiger partial charge on any atom is 0.248 e. The fraction of sp³-hybridized carbons (Fsp3) is 0.200. The quantitative estimate of drug-likeness (QED) is 0.667. The van der Waals surface area contributed by atoms with Gasteiger partial charge >= 0.3 is 0 Å². The lowest BCUT2D eigenvalue weighted by molar-refractivity contribution is -0.126. The van der Waals surface area contributed by atoms with Gasteiger partial charge in [-0.1, -0.05) is 0 Å². The molecule has 0 spiro atoms. The second kappa shape index (κ2) is 6.21. The number of primary amides is 1. The summed E-state index contributed by atoms with van der Waals surface area (Å²) >= 11 is 3.12. The van der Waals surface area contributed by atoms with E-state index in [0.717, 1.165) is 0 Å². The monoisotopic (exact) mass is 302 g/mol. The van der Waals surface area contributed by atoms with Crippen molar-refractivity contribution in [3.63, 3.8) is 0 Å². The fourth-order valence-corrected chi connectivity index (χ4v) is 1.25. The fourth-order valence-electron chi connectivity index (χ4n) is 0.932. The van der Waals surface area contributed by atoms with Gasteiger partial charge in [0.15, 0.2) is 4.67 Å². The predicted octanol–water partition coefficient (Wildman–Crippen LogP) is 0.0177. The minimum Gasteiger partial charge on any atom is -0.450 e. The molecule has 4 N–H and O–H groups in total. The van der Waals surface area contributed by atoms with Crippen LogP contribution in [0.1, 0.15) is 5.76 Å². The molecule has 0 saturated carbocycles. The van der Waals surface area contributed by atoms with E-state index < -0.39 is 17.9 Å². The summed E-state index contributed by atoms with van der Waals surface area (Å²) in [4.78, 5) is 21.7. The Bertz CT molecular complexity index is 441. The Morgan fingerprint density at radius 1 is 1.59 bits per heavy atom. The molecule has 2 amide bonds. The van der Waals surface area contributed by atoms with Crippen molar-refractivity contribution in [1.82, 2.24) is 5.32 Å². The minimum absolute atomic E-state index is 0.222. The van der Waals surface area contributed by atoms with Crippen molar-refractivity contribution in [2.75, 3.05) is 6.54 Å². The van der Waals surface area contributed by atoms with Crippen LogP contribution in [0, 0.1) is 0 Å². The molecule has 1 rings (SSSR count). The molecule has 1 atom stereocenters. The van der Waals surface area contributed by atoms with Crippen LogP contribution in [0.25, 0.3) is 6.08 Å². The summed E-state index contributed by atoms with van der Waals surface area (Å²) in [6.45, 7) is -0.222. The molecule has 0 saturated heterocycles. The van der Waals surface area contributed by atoms with Crippen molar-refractivity contribution < 1.29 is 19.1 Å². The minimum atomic E-state index is -1.38. The Morgan fingerprint density at radius 3 is 2.82 bits per heavy atom. The van der Waals surface area contributed by atoms with E-state index >= 15 is 0 Å². The number of halogens is 1. The summed E-state index contributed by atoms with van der Waals surface area (Å²) < 4.78 is 5.68. The predicted molar refractivity (Wildman–Crippen MR) is 63.7 cm³/mol. The van der Waals surface area contributed by atoms with Gasteiger partial charge in [-0.15, -0.1) is 0 Å². The molecular formula is C10H11BrN2O4. The lowest BCUT2D eigenvalue weighted by atomic mass is 10.3. The summed E-state index contributed by atoms with van der Waals surface area (Å²) in [7, 11) is 0. The second-order valence-electron chi connectivity index (χ2n) is 3.14. The molecule has 0 aliphatic carbocycles. The third-order valence-electron chi connectivity index (χ3n) is 1.79. The normalized spacial score (nSPS) is 12.6. The number of aliphatic hydroxyl groups is 1. The van der Waals surface area contributed by atoms with Crippen molar-refractivity contribution >= 4 is 33.8 Å². The third kappa shape index (κ3) is 4.83. The van der Waals surface area contributed by atoms with Crippen LogP contribution in [0.5, 0.6) is 0 Å². The zero-order chi connectivity index (χ0) is 12.8. The van der Waals surface area contributed by atoms with Gasteiger partial charge in [-0.3, -0.25) is 9.59 Å². The number of carbonyl (C=O) groups is 2. The summed E-state index contributed by atoms with van der Waals surface area (Å²) in [6, 6.07) is 3.36. The number of rotatable bonds is 5. The highest BCUT2D eigenvalue weighted by atomic mass is 79.9. The highest BCUT2D eigenvalue weighted by Crippen LogP contribution is 2.14. The molecule has 1 aromatic heterocycles. The molecular weight excluding hydrogens is 292 g/mol. The molecule has 0 aliphatic heterocycles. The van der Waals surface area contributed by atoms with E-state index in [2.05, 4.69) is 21.2 Å². The van der Waals surface area contributed by atoms with E-state index in [1.807, 2.05) is 0 Å². The standard InChI is InChI=1S/C10H11BrN2O4/c11-8-3-1-6(17-8)2-4-9(15)13-5-7(14)10(12)16/h1-4,7,14H,5H2,(H2,12,16)(H,13,15)/b4-2+. The molecule has 7 heteroatoms. The number of carbonyl (C=O) groups excluding carboxylic acids is 2. The van der Waals surface area contributed by atoms with Crippen molar-refractivity contribution in [2.45, 2.75) is 6.10 Å². The molecule has 1 heterocycles. The first-order valence-corrected chi connectivity index (χ1v) is 5.47. The lowest BCUT2D eigenvalue weighted by Gasteiger charge is -2.05. The van der Waals surface area contributed by atoms with E-state index in [0.29, 0.717) is 10.4 Å². The van der Waals surface area contributed by atoms with E-state index in [1.54, 1.807) is 12.1 Å². The molecule has 0 aliphatic rings. The first kappa shape index (κ1) is 13.5. The first-order chi connectivity index (χ1) is 7.99. The van der Waals surface area contributed by atoms with Crippen molar-refractivity contribution in [3.05, 3.63) is 28.6 Å². The summed E-state index contributed by atoms with van der Waals surface area (Å²) in [6.07, 6.45) is 1.29. The molecule has 92 valence electrons. The zero-order valence-corrected chi connectivity index (χ0v) is 10.3. The van der Waals surface area contributed by atoms with Gasteiger partial charge in [0.25, 0.3) is 0 Å². The molecule has 1 aromatic rings. The zero-order valence-electron chi connectivity index (χ0n) is 8.72. The average Bonchev–Trinajstić information content (AvgIpc) is 2.69. The van der Waals surface area contributed by atoms with Crippen LogP contribution in [-0.4, -0.2) is 29.6 Å². The van der Waals surface area contributed by atoms with E-state index in [9.17, 15) is 9.59 Å². The average molecular weight is 303 g/mol. The Balaban J connectivity index is 2.39. The van der Waals surface area contributed by atoms with Crippen LogP contribution >= 0.6 is 15.9 Å². The second-order valence-corrected chi connectivity index (χ2v) is 3.92. The van der Waals surface area contributed by atoms with Gasteiger partial charge in [0.2, 0.25) is 11.8 Å². The van der Waals surface area contributed by atoms with Gasteiger partial charge < -0.3 is 20.6 Å². The first-order valence-electron chi connectivity index (χ1n) is 4.67. The largest absolute Gasteiger partial charge is 0.450 e. The van der Waals surface area contributed by atoms with Crippen LogP contribution in [0.3, 0.4) is 0 Å². The SMILES string of the molecule is NC(=O)C(O)CNC(=O)/C=C/c1ccc(Br)o1. The third-order valence-corrected chi connectivity index (χ3v) is 2.22. The van der Waals surface area contributed by atoms with Gasteiger partial charge in [0, 0.05) is 6.08 Å².